The minimum absolute atomic E-state index is 0.00458. The quantitative estimate of drug-likeness (QED) is 0.731. The fourth-order valence-corrected chi connectivity index (χ4v) is 4.34. The molecule has 29 heavy (non-hydrogen) atoms. The fourth-order valence-electron chi connectivity index (χ4n) is 4.34. The second-order valence-corrected chi connectivity index (χ2v) is 8.20. The molecule has 1 aromatic heterocycles. The molecule has 0 unspecified atom stereocenters. The number of aromatic nitrogens is 1. The molecule has 9 nitrogen and oxygen atoms in total. The zero-order chi connectivity index (χ0) is 20.6. The highest BCUT2D eigenvalue weighted by atomic mass is 16.2. The van der Waals surface area contributed by atoms with Gasteiger partial charge in [0.1, 0.15) is 17.5 Å². The maximum atomic E-state index is 13.0. The summed E-state index contributed by atoms with van der Waals surface area (Å²) in [6, 6.07) is 2.94. The van der Waals surface area contributed by atoms with E-state index in [4.69, 9.17) is 0 Å². The Morgan fingerprint density at radius 2 is 1.90 bits per heavy atom. The molecular formula is C20H28N6O3. The van der Waals surface area contributed by atoms with Crippen LogP contribution in [0.2, 0.25) is 0 Å². The molecule has 0 saturated carbocycles. The molecule has 1 aromatic rings. The minimum atomic E-state index is -0.723. The number of hydrogen-bond donors (Lipinski definition) is 2. The van der Waals surface area contributed by atoms with Crippen LogP contribution in [0.15, 0.2) is 18.3 Å². The standard InChI is InChI=1S/C20H28N6O3/c1-14(19(29)25-12-10-24(2)11-13-25)26-9-7-20(6-5-16(26)27)22-17-15(18(28)23-20)4-3-8-21-17/h3-4,8,14H,5-7,9-13H2,1-2H3,(H,21,22)(H,23,28)/t14-,20+/m0/s1. The van der Waals surface area contributed by atoms with Gasteiger partial charge in [0.15, 0.2) is 0 Å². The number of nitrogens with one attached hydrogen (secondary N) is 2. The van der Waals surface area contributed by atoms with Crippen molar-refractivity contribution < 1.29 is 14.4 Å². The Hall–Kier alpha value is -2.68. The zero-order valence-corrected chi connectivity index (χ0v) is 17.0. The van der Waals surface area contributed by atoms with Crippen molar-refractivity contribution in [2.45, 2.75) is 37.9 Å². The number of pyridine rings is 1. The van der Waals surface area contributed by atoms with Crippen LogP contribution < -0.4 is 10.6 Å². The second kappa shape index (κ2) is 7.62. The van der Waals surface area contributed by atoms with Gasteiger partial charge in [0, 0.05) is 51.8 Å². The molecule has 1 spiro atoms. The Balaban J connectivity index is 1.47. The third-order valence-corrected chi connectivity index (χ3v) is 6.27. The van der Waals surface area contributed by atoms with E-state index in [2.05, 4.69) is 20.5 Å². The molecular weight excluding hydrogens is 372 g/mol. The van der Waals surface area contributed by atoms with Gasteiger partial charge in [-0.2, -0.15) is 0 Å². The van der Waals surface area contributed by atoms with E-state index < -0.39 is 11.7 Å². The molecule has 0 aliphatic carbocycles. The topological polar surface area (TPSA) is 97.9 Å². The molecule has 156 valence electrons. The lowest BCUT2D eigenvalue weighted by atomic mass is 9.97. The smallest absolute Gasteiger partial charge is 0.256 e. The van der Waals surface area contributed by atoms with E-state index in [0.717, 1.165) is 13.1 Å². The van der Waals surface area contributed by atoms with Gasteiger partial charge in [0.2, 0.25) is 11.8 Å². The van der Waals surface area contributed by atoms with Crippen LogP contribution in [0.5, 0.6) is 0 Å². The van der Waals surface area contributed by atoms with E-state index in [-0.39, 0.29) is 24.1 Å². The lowest BCUT2D eigenvalue weighted by molar-refractivity contribution is -0.145. The monoisotopic (exact) mass is 400 g/mol. The Morgan fingerprint density at radius 3 is 2.66 bits per heavy atom. The van der Waals surface area contributed by atoms with Crippen molar-refractivity contribution in [1.29, 1.82) is 0 Å². The number of likely N-dealkylation sites (N-methyl/N-ethyl adjacent to an activating group) is 1. The summed E-state index contributed by atoms with van der Waals surface area (Å²) in [6.07, 6.45) is 2.87. The average Bonchev–Trinajstić information content (AvgIpc) is 2.87. The molecule has 2 fully saturated rings. The molecule has 2 atom stereocenters. The summed E-state index contributed by atoms with van der Waals surface area (Å²) in [7, 11) is 2.04. The van der Waals surface area contributed by atoms with Crippen LogP contribution in [-0.2, 0) is 9.59 Å². The third-order valence-electron chi connectivity index (χ3n) is 6.27. The van der Waals surface area contributed by atoms with Crippen molar-refractivity contribution in [2.75, 3.05) is 45.1 Å². The minimum Gasteiger partial charge on any atom is -0.347 e. The van der Waals surface area contributed by atoms with E-state index >= 15 is 0 Å². The maximum Gasteiger partial charge on any atom is 0.256 e. The van der Waals surface area contributed by atoms with Crippen LogP contribution in [-0.4, -0.2) is 88.9 Å². The Labute approximate surface area is 170 Å². The number of nitrogens with zero attached hydrogens (tertiary/aromatic N) is 4. The molecule has 0 radical (unpaired) electrons. The molecule has 4 heterocycles. The number of piperazine rings is 1. The van der Waals surface area contributed by atoms with Gasteiger partial charge in [-0.3, -0.25) is 14.4 Å². The van der Waals surface area contributed by atoms with E-state index in [1.807, 2.05) is 11.9 Å². The van der Waals surface area contributed by atoms with Crippen LogP contribution in [0.4, 0.5) is 5.82 Å². The third kappa shape index (κ3) is 3.78. The van der Waals surface area contributed by atoms with Crippen molar-refractivity contribution in [3.8, 4) is 0 Å². The first-order valence-electron chi connectivity index (χ1n) is 10.2. The Kier molecular flexibility index (Phi) is 5.16. The first-order chi connectivity index (χ1) is 13.9. The average molecular weight is 400 g/mol. The summed E-state index contributed by atoms with van der Waals surface area (Å²) in [5.74, 6) is 0.294. The summed E-state index contributed by atoms with van der Waals surface area (Å²) in [5.41, 5.74) is -0.219. The van der Waals surface area contributed by atoms with E-state index in [0.29, 0.717) is 43.9 Å². The molecule has 3 amide bonds. The van der Waals surface area contributed by atoms with Gasteiger partial charge >= 0.3 is 0 Å². The summed E-state index contributed by atoms with van der Waals surface area (Å²) >= 11 is 0. The van der Waals surface area contributed by atoms with Gasteiger partial charge in [0.05, 0.1) is 5.56 Å². The van der Waals surface area contributed by atoms with Gasteiger partial charge in [-0.25, -0.2) is 4.98 Å². The number of carbonyl (C=O) groups excluding carboxylic acids is 3. The highest BCUT2D eigenvalue weighted by Gasteiger charge is 2.42. The molecule has 4 rings (SSSR count). The van der Waals surface area contributed by atoms with Crippen molar-refractivity contribution in [2.24, 2.45) is 0 Å². The van der Waals surface area contributed by atoms with Gasteiger partial charge in [0.25, 0.3) is 5.91 Å². The van der Waals surface area contributed by atoms with Crippen molar-refractivity contribution in [3.05, 3.63) is 23.9 Å². The summed E-state index contributed by atoms with van der Waals surface area (Å²) in [5, 5.41) is 6.37. The molecule has 0 bridgehead atoms. The van der Waals surface area contributed by atoms with Crippen LogP contribution >= 0.6 is 0 Å². The van der Waals surface area contributed by atoms with E-state index in [1.54, 1.807) is 30.2 Å². The maximum absolute atomic E-state index is 13.0. The highest BCUT2D eigenvalue weighted by Crippen LogP contribution is 2.31. The van der Waals surface area contributed by atoms with Gasteiger partial charge in [-0.1, -0.05) is 0 Å². The predicted molar refractivity (Wildman–Crippen MR) is 107 cm³/mol. The first kappa shape index (κ1) is 19.6. The van der Waals surface area contributed by atoms with E-state index in [1.165, 1.54) is 0 Å². The van der Waals surface area contributed by atoms with Crippen molar-refractivity contribution in [3.63, 3.8) is 0 Å². The van der Waals surface area contributed by atoms with E-state index in [9.17, 15) is 14.4 Å². The normalized spacial score (nSPS) is 26.4. The number of hydrogen-bond acceptors (Lipinski definition) is 6. The molecule has 0 aromatic carbocycles. The lowest BCUT2D eigenvalue weighted by Gasteiger charge is -2.39. The molecule has 2 saturated heterocycles. The second-order valence-electron chi connectivity index (χ2n) is 8.20. The predicted octanol–water partition coefficient (Wildman–Crippen LogP) is 0.108. The number of amides is 3. The SMILES string of the molecule is C[C@@H](C(=O)N1CCN(C)CC1)N1CC[C@@]2(CCC1=O)NC(=O)c1cccnc1N2. The fraction of sp³-hybridized carbons (Fsp3) is 0.600. The zero-order valence-electron chi connectivity index (χ0n) is 17.0. The van der Waals surface area contributed by atoms with Crippen LogP contribution in [0.25, 0.3) is 0 Å². The highest BCUT2D eigenvalue weighted by molar-refractivity contribution is 6.01. The Bertz CT molecular complexity index is 822. The van der Waals surface area contributed by atoms with Gasteiger partial charge in [-0.05, 0) is 32.5 Å². The lowest BCUT2D eigenvalue weighted by Crippen LogP contribution is -2.58. The van der Waals surface area contributed by atoms with Crippen molar-refractivity contribution >= 4 is 23.5 Å². The molecule has 3 aliphatic rings. The largest absolute Gasteiger partial charge is 0.347 e. The number of carbonyl (C=O) groups is 3. The summed E-state index contributed by atoms with van der Waals surface area (Å²) in [6.45, 7) is 5.27. The molecule has 2 N–H and O–H groups in total. The van der Waals surface area contributed by atoms with Gasteiger partial charge < -0.3 is 25.3 Å². The van der Waals surface area contributed by atoms with Crippen LogP contribution in [0.1, 0.15) is 36.5 Å². The molecule has 9 heteroatoms. The number of likely N-dealkylation sites (tertiary alicyclic amines) is 1. The number of anilines is 1. The number of rotatable bonds is 2. The van der Waals surface area contributed by atoms with Crippen LogP contribution in [0.3, 0.4) is 0 Å². The summed E-state index contributed by atoms with van der Waals surface area (Å²) < 4.78 is 0. The summed E-state index contributed by atoms with van der Waals surface area (Å²) in [4.78, 5) is 48.3. The van der Waals surface area contributed by atoms with Crippen molar-refractivity contribution in [1.82, 2.24) is 25.0 Å². The first-order valence-corrected chi connectivity index (χ1v) is 10.2. The van der Waals surface area contributed by atoms with Gasteiger partial charge in [-0.15, -0.1) is 0 Å². The Morgan fingerprint density at radius 1 is 1.14 bits per heavy atom. The molecule has 3 aliphatic heterocycles. The van der Waals surface area contributed by atoms with Crippen LogP contribution in [0, 0.1) is 0 Å². The number of fused-ring (bicyclic) bond motifs is 1.